The summed E-state index contributed by atoms with van der Waals surface area (Å²) in [5.74, 6) is -1.20. The van der Waals surface area contributed by atoms with E-state index in [0.717, 1.165) is 0 Å². The third-order valence-electron chi connectivity index (χ3n) is 1.82. The van der Waals surface area contributed by atoms with Gasteiger partial charge in [0, 0.05) is 6.42 Å². The molecule has 0 saturated carbocycles. The van der Waals surface area contributed by atoms with Gasteiger partial charge in [0.25, 0.3) is 0 Å². The molecule has 0 aromatic carbocycles. The van der Waals surface area contributed by atoms with Crippen molar-refractivity contribution in [2.45, 2.75) is 18.9 Å². The highest BCUT2D eigenvalue weighted by atomic mass is 16.5. The number of nitrogens with one attached hydrogen (secondary N) is 1. The van der Waals surface area contributed by atoms with E-state index in [9.17, 15) is 9.59 Å². The van der Waals surface area contributed by atoms with Crippen molar-refractivity contribution in [1.29, 1.82) is 0 Å². The average molecular weight is 245 g/mol. The molecule has 17 heavy (non-hydrogen) atoms. The zero-order valence-corrected chi connectivity index (χ0v) is 9.59. The summed E-state index contributed by atoms with van der Waals surface area (Å²) in [7, 11) is 0. The minimum Gasteiger partial charge on any atom is -0.500 e. The summed E-state index contributed by atoms with van der Waals surface area (Å²) in [6, 6.07) is -1.07. The molecule has 0 aliphatic heterocycles. The Morgan fingerprint density at radius 2 is 2.18 bits per heavy atom. The predicted molar refractivity (Wildman–Crippen MR) is 62.0 cm³/mol. The maximum absolute atomic E-state index is 11.1. The van der Waals surface area contributed by atoms with Gasteiger partial charge in [-0.1, -0.05) is 0 Å². The number of hydrogen-bond donors (Lipinski definition) is 4. The highest BCUT2D eigenvalue weighted by Crippen LogP contribution is 1.86. The highest BCUT2D eigenvalue weighted by Gasteiger charge is 2.05. The highest BCUT2D eigenvalue weighted by molar-refractivity contribution is 5.76. The lowest BCUT2D eigenvalue weighted by Gasteiger charge is -2.04. The van der Waals surface area contributed by atoms with E-state index in [0.29, 0.717) is 25.9 Å². The van der Waals surface area contributed by atoms with Crippen molar-refractivity contribution in [3.05, 3.63) is 12.3 Å². The Morgan fingerprint density at radius 3 is 2.76 bits per heavy atom. The Hall–Kier alpha value is -1.60. The number of amides is 1. The van der Waals surface area contributed by atoms with E-state index < -0.39 is 12.0 Å². The van der Waals surface area contributed by atoms with Gasteiger partial charge in [-0.25, -0.2) is 0 Å². The van der Waals surface area contributed by atoms with Crippen molar-refractivity contribution in [3.8, 4) is 0 Å². The molecule has 0 aliphatic carbocycles. The van der Waals surface area contributed by atoms with E-state index in [4.69, 9.17) is 21.3 Å². The first-order chi connectivity index (χ1) is 8.07. The lowest BCUT2D eigenvalue weighted by atomic mass is 10.3. The molecular formula is C10H19N3O4. The summed E-state index contributed by atoms with van der Waals surface area (Å²) in [4.78, 5) is 21.4. The zero-order valence-electron chi connectivity index (χ0n) is 9.59. The molecule has 1 atom stereocenters. The van der Waals surface area contributed by atoms with Gasteiger partial charge < -0.3 is 26.6 Å². The molecule has 0 spiro atoms. The first-order valence-corrected chi connectivity index (χ1v) is 5.31. The standard InChI is InChI=1S/C10H19N3O4/c11-4-1-2-9(14)13-5-7-17-6-3-8(12)10(15)16/h3,6,8H,1-2,4-5,7,11-12H2,(H,13,14)(H,15,16)/b6-3+. The minimum atomic E-state index is -1.13. The Kier molecular flexibility index (Phi) is 8.71. The van der Waals surface area contributed by atoms with Crippen molar-refractivity contribution < 1.29 is 19.4 Å². The van der Waals surface area contributed by atoms with Crippen LogP contribution in [0.3, 0.4) is 0 Å². The van der Waals surface area contributed by atoms with Gasteiger partial charge in [-0.15, -0.1) is 0 Å². The monoisotopic (exact) mass is 245 g/mol. The van der Waals surface area contributed by atoms with Crippen LogP contribution in [0, 0.1) is 0 Å². The molecule has 98 valence electrons. The largest absolute Gasteiger partial charge is 0.500 e. The molecule has 0 fully saturated rings. The minimum absolute atomic E-state index is 0.0785. The van der Waals surface area contributed by atoms with Crippen LogP contribution in [0.15, 0.2) is 12.3 Å². The molecule has 1 amide bonds. The second-order valence-corrected chi connectivity index (χ2v) is 3.31. The molecule has 0 heterocycles. The Morgan fingerprint density at radius 1 is 1.47 bits per heavy atom. The predicted octanol–water partition coefficient (Wildman–Crippen LogP) is -1.22. The number of nitrogens with two attached hydrogens (primary N) is 2. The van der Waals surface area contributed by atoms with Crippen LogP contribution in [0.1, 0.15) is 12.8 Å². The molecule has 0 aliphatic rings. The van der Waals surface area contributed by atoms with Crippen LogP contribution in [0.2, 0.25) is 0 Å². The molecule has 7 nitrogen and oxygen atoms in total. The summed E-state index contributed by atoms with van der Waals surface area (Å²) in [5.41, 5.74) is 10.4. The molecule has 0 aromatic heterocycles. The second kappa shape index (κ2) is 9.61. The zero-order chi connectivity index (χ0) is 13.1. The fraction of sp³-hybridized carbons (Fsp3) is 0.600. The van der Waals surface area contributed by atoms with E-state index in [-0.39, 0.29) is 12.5 Å². The number of aliphatic carboxylic acids is 1. The van der Waals surface area contributed by atoms with Gasteiger partial charge in [0.15, 0.2) is 0 Å². The Bertz CT molecular complexity index is 268. The van der Waals surface area contributed by atoms with Crippen LogP contribution in [-0.2, 0) is 14.3 Å². The van der Waals surface area contributed by atoms with Crippen LogP contribution in [0.25, 0.3) is 0 Å². The molecule has 6 N–H and O–H groups in total. The van der Waals surface area contributed by atoms with E-state index in [1.807, 2.05) is 0 Å². The Labute approximate surface area is 99.8 Å². The van der Waals surface area contributed by atoms with Crippen LogP contribution in [-0.4, -0.2) is 42.7 Å². The number of carbonyl (C=O) groups is 2. The van der Waals surface area contributed by atoms with E-state index in [1.54, 1.807) is 0 Å². The number of hydrogen-bond acceptors (Lipinski definition) is 5. The van der Waals surface area contributed by atoms with Crippen LogP contribution >= 0.6 is 0 Å². The van der Waals surface area contributed by atoms with E-state index in [2.05, 4.69) is 5.32 Å². The van der Waals surface area contributed by atoms with Crippen molar-refractivity contribution >= 4 is 11.9 Å². The van der Waals surface area contributed by atoms with Crippen LogP contribution < -0.4 is 16.8 Å². The van der Waals surface area contributed by atoms with Crippen LogP contribution in [0.5, 0.6) is 0 Å². The summed E-state index contributed by atoms with van der Waals surface area (Å²) < 4.78 is 4.95. The summed E-state index contributed by atoms with van der Waals surface area (Å²) in [6.45, 7) is 1.10. The van der Waals surface area contributed by atoms with Crippen molar-refractivity contribution in [2.75, 3.05) is 19.7 Å². The van der Waals surface area contributed by atoms with Crippen molar-refractivity contribution in [3.63, 3.8) is 0 Å². The second-order valence-electron chi connectivity index (χ2n) is 3.31. The maximum atomic E-state index is 11.1. The number of ether oxygens (including phenoxy) is 1. The van der Waals surface area contributed by atoms with Gasteiger partial charge in [-0.2, -0.15) is 0 Å². The lowest BCUT2D eigenvalue weighted by Crippen LogP contribution is -2.28. The lowest BCUT2D eigenvalue weighted by molar-refractivity contribution is -0.137. The van der Waals surface area contributed by atoms with Gasteiger partial charge in [-0.3, -0.25) is 9.59 Å². The smallest absolute Gasteiger partial charge is 0.324 e. The Balaban J connectivity index is 3.46. The van der Waals surface area contributed by atoms with Gasteiger partial charge in [0.2, 0.25) is 5.91 Å². The average Bonchev–Trinajstić information content (AvgIpc) is 2.30. The molecular weight excluding hydrogens is 226 g/mol. The van der Waals surface area contributed by atoms with Gasteiger partial charge in [0.1, 0.15) is 12.6 Å². The molecule has 0 saturated heterocycles. The molecule has 1 unspecified atom stereocenters. The van der Waals surface area contributed by atoms with Gasteiger partial charge in [0.05, 0.1) is 12.8 Å². The number of rotatable bonds is 9. The maximum Gasteiger partial charge on any atom is 0.324 e. The SMILES string of the molecule is NCCCC(=O)NCCO/C=C/C(N)C(=O)O. The molecule has 0 radical (unpaired) electrons. The van der Waals surface area contributed by atoms with Crippen molar-refractivity contribution in [1.82, 2.24) is 5.32 Å². The molecule has 0 rings (SSSR count). The number of carboxylic acid groups (broad SMARTS) is 1. The number of carbonyl (C=O) groups excluding carboxylic acids is 1. The fourth-order valence-electron chi connectivity index (χ4n) is 0.891. The summed E-state index contributed by atoms with van der Waals surface area (Å²) >= 11 is 0. The normalized spacial score (nSPS) is 12.4. The fourth-order valence-corrected chi connectivity index (χ4v) is 0.891. The summed E-state index contributed by atoms with van der Waals surface area (Å²) in [5, 5.41) is 11.1. The van der Waals surface area contributed by atoms with Gasteiger partial charge >= 0.3 is 5.97 Å². The van der Waals surface area contributed by atoms with Crippen LogP contribution in [0.4, 0.5) is 0 Å². The first kappa shape index (κ1) is 15.4. The quantitative estimate of drug-likeness (QED) is 0.298. The first-order valence-electron chi connectivity index (χ1n) is 5.31. The van der Waals surface area contributed by atoms with Gasteiger partial charge in [-0.05, 0) is 19.0 Å². The topological polar surface area (TPSA) is 128 Å². The van der Waals surface area contributed by atoms with E-state index in [1.165, 1.54) is 12.3 Å². The third kappa shape index (κ3) is 9.34. The van der Waals surface area contributed by atoms with Crippen molar-refractivity contribution in [2.24, 2.45) is 11.5 Å². The number of carboxylic acids is 1. The molecule has 0 bridgehead atoms. The molecule has 0 aromatic rings. The summed E-state index contributed by atoms with van der Waals surface area (Å²) in [6.07, 6.45) is 3.49. The molecule has 7 heteroatoms. The van der Waals surface area contributed by atoms with E-state index >= 15 is 0 Å². The third-order valence-corrected chi connectivity index (χ3v) is 1.82.